The zero-order valence-corrected chi connectivity index (χ0v) is 8.28. The van der Waals surface area contributed by atoms with Crippen LogP contribution < -0.4 is 0 Å². The van der Waals surface area contributed by atoms with E-state index in [1.165, 1.54) is 0 Å². The Hall–Kier alpha value is -0.240. The van der Waals surface area contributed by atoms with Gasteiger partial charge in [-0.05, 0) is 11.2 Å². The zero-order valence-electron chi connectivity index (χ0n) is 6.62. The smallest absolute Gasteiger partial charge is 0.276 e. The average molecular weight is 205 g/mol. The van der Waals surface area contributed by atoms with E-state index < -0.39 is 7.73 Å². The van der Waals surface area contributed by atoms with Gasteiger partial charge in [0.25, 0.3) is 7.73 Å². The number of rotatable bonds is 6. The van der Waals surface area contributed by atoms with E-state index in [1.54, 1.807) is 0 Å². The maximum Gasteiger partial charge on any atom is 0.276 e. The van der Waals surface area contributed by atoms with Crippen LogP contribution >= 0.6 is 19.0 Å². The highest BCUT2D eigenvalue weighted by Crippen LogP contribution is 2.43. The summed E-state index contributed by atoms with van der Waals surface area (Å²) in [7, 11) is -1.32. The fraction of sp³-hybridized carbons (Fsp3) is 0.500. The molecule has 0 aliphatic heterocycles. The Bertz CT molecular complexity index is 162. The van der Waals surface area contributed by atoms with E-state index in [9.17, 15) is 0 Å². The minimum atomic E-state index is -1.32. The van der Waals surface area contributed by atoms with Crippen molar-refractivity contribution in [3.8, 4) is 24.7 Å². The molecule has 0 N–H and O–H groups in total. The van der Waals surface area contributed by atoms with Crippen molar-refractivity contribution in [3.05, 3.63) is 0 Å². The lowest BCUT2D eigenvalue weighted by Gasteiger charge is -2.07. The molecule has 0 bridgehead atoms. The molecule has 0 rings (SSSR count). The summed E-state index contributed by atoms with van der Waals surface area (Å²) in [4.78, 5) is 0. The van der Waals surface area contributed by atoms with Gasteiger partial charge in [0.2, 0.25) is 0 Å². The van der Waals surface area contributed by atoms with Gasteiger partial charge in [-0.15, -0.1) is 24.7 Å². The summed E-state index contributed by atoms with van der Waals surface area (Å²) in [5, 5.41) is 0. The van der Waals surface area contributed by atoms with Crippen molar-refractivity contribution < 1.29 is 9.05 Å². The number of terminal acetylenes is 2. The quantitative estimate of drug-likeness (QED) is 0.376. The molecule has 0 aromatic rings. The highest BCUT2D eigenvalue weighted by molar-refractivity contribution is 7.76. The Kier molecular flexibility index (Phi) is 8.68. The second-order valence-corrected chi connectivity index (χ2v) is 3.56. The lowest BCUT2D eigenvalue weighted by atomic mass is 10.5. The Morgan fingerprint density at radius 1 is 1.08 bits per heavy atom. The molecule has 0 aliphatic rings. The minimum Gasteiger partial charge on any atom is -0.321 e. The number of hydrogen-bond acceptors (Lipinski definition) is 2. The van der Waals surface area contributed by atoms with Crippen molar-refractivity contribution in [3.63, 3.8) is 0 Å². The van der Waals surface area contributed by atoms with Gasteiger partial charge in [0.05, 0.1) is 13.2 Å². The molecule has 0 saturated heterocycles. The first kappa shape index (κ1) is 11.8. The van der Waals surface area contributed by atoms with Gasteiger partial charge in [-0.25, -0.2) is 0 Å². The molecular weight excluding hydrogens is 195 g/mol. The molecule has 0 fully saturated rings. The first-order chi connectivity index (χ1) is 5.81. The minimum absolute atomic E-state index is 0.432. The van der Waals surface area contributed by atoms with Crippen LogP contribution in [0.3, 0.4) is 0 Å². The molecule has 0 spiro atoms. The summed E-state index contributed by atoms with van der Waals surface area (Å²) in [6, 6.07) is 0. The maximum absolute atomic E-state index is 5.64. The van der Waals surface area contributed by atoms with Gasteiger partial charge in [0.1, 0.15) is 0 Å². The lowest BCUT2D eigenvalue weighted by Crippen LogP contribution is -1.90. The standard InChI is InChI=1S/C8H10ClO2P/c1-3-5-7-10-12(9)11-8-6-4-2/h1-2H,5-8H2. The summed E-state index contributed by atoms with van der Waals surface area (Å²) in [5.41, 5.74) is 0. The van der Waals surface area contributed by atoms with Gasteiger partial charge in [0, 0.05) is 12.8 Å². The lowest BCUT2D eigenvalue weighted by molar-refractivity contribution is 0.270. The predicted octanol–water partition coefficient (Wildman–Crippen LogP) is 2.53. The Balaban J connectivity index is 3.18. The molecular formula is C8H10ClO2P. The molecule has 2 nitrogen and oxygen atoms in total. The third-order valence-electron chi connectivity index (χ3n) is 0.878. The number of hydrogen-bond donors (Lipinski definition) is 0. The summed E-state index contributed by atoms with van der Waals surface area (Å²) < 4.78 is 10.1. The normalized spacial score (nSPS) is 9.33. The first-order valence-corrected chi connectivity index (χ1v) is 5.48. The molecule has 0 aromatic heterocycles. The molecule has 0 amide bonds. The maximum atomic E-state index is 5.64. The van der Waals surface area contributed by atoms with Gasteiger partial charge in [-0.3, -0.25) is 0 Å². The van der Waals surface area contributed by atoms with Crippen molar-refractivity contribution in [2.24, 2.45) is 0 Å². The molecule has 0 atom stereocenters. The van der Waals surface area contributed by atoms with E-state index in [0.717, 1.165) is 0 Å². The van der Waals surface area contributed by atoms with Gasteiger partial charge in [0.15, 0.2) is 0 Å². The van der Waals surface area contributed by atoms with Crippen LogP contribution in [0.2, 0.25) is 0 Å². The molecule has 0 saturated carbocycles. The van der Waals surface area contributed by atoms with Gasteiger partial charge >= 0.3 is 0 Å². The molecule has 0 heterocycles. The van der Waals surface area contributed by atoms with E-state index in [2.05, 4.69) is 11.8 Å². The third kappa shape index (κ3) is 7.86. The van der Waals surface area contributed by atoms with Gasteiger partial charge < -0.3 is 9.05 Å². The highest BCUT2D eigenvalue weighted by Gasteiger charge is 2.03. The van der Waals surface area contributed by atoms with E-state index in [1.807, 2.05) is 0 Å². The van der Waals surface area contributed by atoms with Crippen LogP contribution in [0.15, 0.2) is 0 Å². The molecule has 0 radical (unpaired) electrons. The third-order valence-corrected chi connectivity index (χ3v) is 2.24. The van der Waals surface area contributed by atoms with Crippen molar-refractivity contribution in [2.75, 3.05) is 13.2 Å². The Labute approximate surface area is 79.3 Å². The van der Waals surface area contributed by atoms with E-state index >= 15 is 0 Å². The van der Waals surface area contributed by atoms with Crippen LogP contribution in [0.25, 0.3) is 0 Å². The van der Waals surface area contributed by atoms with Crippen molar-refractivity contribution >= 4 is 19.0 Å². The summed E-state index contributed by atoms with van der Waals surface area (Å²) >= 11 is 5.64. The summed E-state index contributed by atoms with van der Waals surface area (Å²) in [6.07, 6.45) is 11.1. The van der Waals surface area contributed by atoms with Crippen molar-refractivity contribution in [1.82, 2.24) is 0 Å². The molecule has 0 aromatic carbocycles. The number of halogens is 1. The van der Waals surface area contributed by atoms with Crippen molar-refractivity contribution in [2.45, 2.75) is 12.8 Å². The molecule has 4 heteroatoms. The van der Waals surface area contributed by atoms with Gasteiger partial charge in [-0.1, -0.05) is 0 Å². The average Bonchev–Trinajstić information content (AvgIpc) is 2.06. The van der Waals surface area contributed by atoms with Crippen molar-refractivity contribution in [1.29, 1.82) is 0 Å². The second-order valence-electron chi connectivity index (χ2n) is 1.79. The predicted molar refractivity (Wildman–Crippen MR) is 51.6 cm³/mol. The second kappa shape index (κ2) is 8.85. The van der Waals surface area contributed by atoms with E-state index in [0.29, 0.717) is 26.1 Å². The van der Waals surface area contributed by atoms with Crippen LogP contribution in [0.4, 0.5) is 0 Å². The largest absolute Gasteiger partial charge is 0.321 e. The van der Waals surface area contributed by atoms with E-state index in [-0.39, 0.29) is 0 Å². The van der Waals surface area contributed by atoms with Crippen LogP contribution in [-0.4, -0.2) is 13.2 Å². The SMILES string of the molecule is C#CCCOP(Cl)OCCC#C. The monoisotopic (exact) mass is 204 g/mol. The Morgan fingerprint density at radius 3 is 1.83 bits per heavy atom. The zero-order chi connectivity index (χ0) is 9.23. The van der Waals surface area contributed by atoms with E-state index in [4.69, 9.17) is 33.1 Å². The summed E-state index contributed by atoms with van der Waals surface area (Å²) in [6.45, 7) is 0.865. The fourth-order valence-corrected chi connectivity index (χ4v) is 1.35. The molecule has 0 aliphatic carbocycles. The van der Waals surface area contributed by atoms with Crippen LogP contribution in [0, 0.1) is 24.7 Å². The molecule has 0 unspecified atom stereocenters. The van der Waals surface area contributed by atoms with Crippen LogP contribution in [0.5, 0.6) is 0 Å². The van der Waals surface area contributed by atoms with Gasteiger partial charge in [-0.2, -0.15) is 0 Å². The molecule has 66 valence electrons. The Morgan fingerprint density at radius 2 is 1.50 bits per heavy atom. The molecule has 12 heavy (non-hydrogen) atoms. The highest BCUT2D eigenvalue weighted by atomic mass is 35.7. The fourth-order valence-electron chi connectivity index (χ4n) is 0.390. The topological polar surface area (TPSA) is 18.5 Å². The first-order valence-electron chi connectivity index (χ1n) is 3.40. The summed E-state index contributed by atoms with van der Waals surface area (Å²) in [5.74, 6) is 4.86. The van der Waals surface area contributed by atoms with Crippen LogP contribution in [-0.2, 0) is 9.05 Å². The van der Waals surface area contributed by atoms with Crippen LogP contribution in [0.1, 0.15) is 12.8 Å².